The Hall–Kier alpha value is -1.31. The number of rotatable bonds is 3. The summed E-state index contributed by atoms with van der Waals surface area (Å²) in [6.07, 6.45) is -8.18. The summed E-state index contributed by atoms with van der Waals surface area (Å²) < 4.78 is 68.4. The van der Waals surface area contributed by atoms with Crippen LogP contribution in [0.5, 0.6) is 11.6 Å². The number of alkyl halides is 5. The van der Waals surface area contributed by atoms with Gasteiger partial charge in [-0.05, 0) is 0 Å². The second-order valence-electron chi connectivity index (χ2n) is 2.71. The number of nitrogens with zero attached hydrogens (tertiary/aromatic N) is 1. The van der Waals surface area contributed by atoms with Crippen LogP contribution in [0.1, 0.15) is 12.1 Å². The van der Waals surface area contributed by atoms with Gasteiger partial charge in [0.2, 0.25) is 5.88 Å². The van der Waals surface area contributed by atoms with E-state index in [1.807, 2.05) is 0 Å². The van der Waals surface area contributed by atoms with Crippen molar-refractivity contribution in [3.63, 3.8) is 0 Å². The summed E-state index contributed by atoms with van der Waals surface area (Å²) in [4.78, 5) is 2.99. The van der Waals surface area contributed by atoms with E-state index in [9.17, 15) is 22.0 Å². The number of hydrogen-bond acceptors (Lipinski definition) is 3. The minimum absolute atomic E-state index is 0.447. The van der Waals surface area contributed by atoms with E-state index in [0.29, 0.717) is 6.07 Å². The third-order valence-electron chi connectivity index (χ3n) is 1.56. The molecule has 0 aliphatic rings. The number of hydrogen-bond donors (Lipinski definition) is 0. The maximum absolute atomic E-state index is 12.5. The molecule has 1 aromatic heterocycles. The van der Waals surface area contributed by atoms with Crippen LogP contribution in [-0.4, -0.2) is 18.5 Å². The van der Waals surface area contributed by atoms with Crippen LogP contribution >= 0.6 is 11.6 Å². The van der Waals surface area contributed by atoms with Gasteiger partial charge in [-0.1, -0.05) is 11.6 Å². The average Bonchev–Trinajstić information content (AvgIpc) is 2.13. The molecule has 0 bridgehead atoms. The number of ether oxygens (including phenoxy) is 2. The molecule has 3 nitrogen and oxygen atoms in total. The number of methoxy groups -OCH3 is 1. The molecule has 0 amide bonds. The zero-order valence-electron chi connectivity index (χ0n) is 8.19. The van der Waals surface area contributed by atoms with Gasteiger partial charge in [-0.15, -0.1) is 13.2 Å². The van der Waals surface area contributed by atoms with E-state index in [1.54, 1.807) is 0 Å². The lowest BCUT2D eigenvalue weighted by Gasteiger charge is -2.12. The average molecular weight is 278 g/mol. The quantitative estimate of drug-likeness (QED) is 0.791. The van der Waals surface area contributed by atoms with Crippen LogP contribution in [0.2, 0.25) is 5.02 Å². The van der Waals surface area contributed by atoms with E-state index >= 15 is 0 Å². The summed E-state index contributed by atoms with van der Waals surface area (Å²) in [6, 6.07) is 0.639. The van der Waals surface area contributed by atoms with Crippen LogP contribution in [-0.2, 0) is 0 Å². The Morgan fingerprint density at radius 2 is 1.94 bits per heavy atom. The van der Waals surface area contributed by atoms with Crippen LogP contribution in [0.4, 0.5) is 22.0 Å². The first-order valence-corrected chi connectivity index (χ1v) is 4.40. The minimum Gasteiger partial charge on any atom is -0.493 e. The van der Waals surface area contributed by atoms with Crippen LogP contribution < -0.4 is 9.47 Å². The van der Waals surface area contributed by atoms with Gasteiger partial charge in [-0.2, -0.15) is 0 Å². The Kier molecular flexibility index (Phi) is 3.97. The topological polar surface area (TPSA) is 31.4 Å². The van der Waals surface area contributed by atoms with Gasteiger partial charge >= 0.3 is 6.36 Å². The highest BCUT2D eigenvalue weighted by Gasteiger charge is 2.33. The third kappa shape index (κ3) is 3.58. The normalized spacial score (nSPS) is 11.8. The molecule has 0 aromatic carbocycles. The smallest absolute Gasteiger partial charge is 0.493 e. The molecule has 0 aliphatic carbocycles. The van der Waals surface area contributed by atoms with Gasteiger partial charge in [0, 0.05) is 6.07 Å². The first-order chi connectivity index (χ1) is 7.74. The molecule has 0 radical (unpaired) electrons. The first-order valence-electron chi connectivity index (χ1n) is 4.03. The SMILES string of the molecule is COc1c(Cl)cc(OC(F)(F)F)nc1C(F)F. The standard InChI is InChI=1S/C8H5ClF5NO2/c1-16-6-3(9)2-4(17-8(12,13)14)15-5(6)7(10)11/h2,7H,1H3. The minimum atomic E-state index is -5.04. The summed E-state index contributed by atoms with van der Waals surface area (Å²) in [5, 5.41) is -0.447. The van der Waals surface area contributed by atoms with Crippen molar-refractivity contribution in [3.8, 4) is 11.6 Å². The second kappa shape index (κ2) is 4.91. The number of aromatic nitrogens is 1. The maximum Gasteiger partial charge on any atom is 0.574 e. The summed E-state index contributed by atoms with van der Waals surface area (Å²) in [6.45, 7) is 0. The molecule has 0 atom stereocenters. The van der Waals surface area contributed by atoms with Gasteiger partial charge in [0.1, 0.15) is 0 Å². The largest absolute Gasteiger partial charge is 0.574 e. The molecule has 0 saturated heterocycles. The van der Waals surface area contributed by atoms with Crippen molar-refractivity contribution in [2.45, 2.75) is 12.8 Å². The van der Waals surface area contributed by atoms with Gasteiger partial charge in [0.25, 0.3) is 6.43 Å². The van der Waals surface area contributed by atoms with Gasteiger partial charge in [0.15, 0.2) is 11.4 Å². The zero-order valence-corrected chi connectivity index (χ0v) is 8.94. The van der Waals surface area contributed by atoms with Crippen molar-refractivity contribution < 1.29 is 31.4 Å². The predicted octanol–water partition coefficient (Wildman–Crippen LogP) is 3.58. The van der Waals surface area contributed by atoms with E-state index in [0.717, 1.165) is 7.11 Å². The van der Waals surface area contributed by atoms with Crippen molar-refractivity contribution in [2.24, 2.45) is 0 Å². The summed E-state index contributed by atoms with van der Waals surface area (Å²) in [5.41, 5.74) is -1.01. The van der Waals surface area contributed by atoms with Crippen LogP contribution in [0.25, 0.3) is 0 Å². The van der Waals surface area contributed by atoms with Crippen molar-refractivity contribution in [1.29, 1.82) is 0 Å². The van der Waals surface area contributed by atoms with Crippen LogP contribution in [0, 0.1) is 0 Å². The molecule has 17 heavy (non-hydrogen) atoms. The van der Waals surface area contributed by atoms with Crippen molar-refractivity contribution in [2.75, 3.05) is 7.11 Å². The summed E-state index contributed by atoms with van der Waals surface area (Å²) in [5.74, 6) is -1.56. The van der Waals surface area contributed by atoms with E-state index in [4.69, 9.17) is 11.6 Å². The number of halogens is 6. The molecule has 0 saturated carbocycles. The van der Waals surface area contributed by atoms with Gasteiger partial charge in [0.05, 0.1) is 12.1 Å². The Morgan fingerprint density at radius 3 is 2.35 bits per heavy atom. The highest BCUT2D eigenvalue weighted by Crippen LogP contribution is 2.37. The molecule has 1 rings (SSSR count). The fourth-order valence-corrected chi connectivity index (χ4v) is 1.29. The van der Waals surface area contributed by atoms with Crippen molar-refractivity contribution in [3.05, 3.63) is 16.8 Å². The molecule has 9 heteroatoms. The van der Waals surface area contributed by atoms with E-state index in [-0.39, 0.29) is 0 Å². The Bertz CT molecular complexity index is 410. The molecular weight excluding hydrogens is 273 g/mol. The first kappa shape index (κ1) is 13.8. The number of pyridine rings is 1. The van der Waals surface area contributed by atoms with Crippen molar-refractivity contribution in [1.82, 2.24) is 4.98 Å². The lowest BCUT2D eigenvalue weighted by molar-refractivity contribution is -0.276. The Morgan fingerprint density at radius 1 is 1.35 bits per heavy atom. The monoisotopic (exact) mass is 277 g/mol. The predicted molar refractivity (Wildman–Crippen MR) is 47.4 cm³/mol. The van der Waals surface area contributed by atoms with Gasteiger partial charge < -0.3 is 9.47 Å². The van der Waals surface area contributed by atoms with Gasteiger partial charge in [-0.25, -0.2) is 13.8 Å². The third-order valence-corrected chi connectivity index (χ3v) is 1.84. The zero-order chi connectivity index (χ0) is 13.2. The highest BCUT2D eigenvalue weighted by molar-refractivity contribution is 6.32. The van der Waals surface area contributed by atoms with E-state index in [1.165, 1.54) is 0 Å². The Balaban J connectivity index is 3.20. The van der Waals surface area contributed by atoms with Crippen molar-refractivity contribution >= 4 is 11.6 Å². The molecule has 0 aliphatic heterocycles. The molecular formula is C8H5ClF5NO2. The lowest BCUT2D eigenvalue weighted by Crippen LogP contribution is -2.18. The molecule has 0 spiro atoms. The molecule has 1 heterocycles. The fraction of sp³-hybridized carbons (Fsp3) is 0.375. The van der Waals surface area contributed by atoms with E-state index in [2.05, 4.69) is 14.5 Å². The molecule has 0 unspecified atom stereocenters. The molecule has 96 valence electrons. The molecule has 0 N–H and O–H groups in total. The summed E-state index contributed by atoms with van der Waals surface area (Å²) >= 11 is 5.46. The molecule has 1 aromatic rings. The summed E-state index contributed by atoms with van der Waals surface area (Å²) in [7, 11) is 1.04. The fourth-order valence-electron chi connectivity index (χ4n) is 1.02. The van der Waals surface area contributed by atoms with Gasteiger partial charge in [-0.3, -0.25) is 0 Å². The van der Waals surface area contributed by atoms with E-state index < -0.39 is 35.1 Å². The Labute approximate surface area is 97.1 Å². The maximum atomic E-state index is 12.5. The lowest BCUT2D eigenvalue weighted by atomic mass is 10.3. The second-order valence-corrected chi connectivity index (χ2v) is 3.12. The van der Waals surface area contributed by atoms with Crippen LogP contribution in [0.15, 0.2) is 6.07 Å². The van der Waals surface area contributed by atoms with Crippen LogP contribution in [0.3, 0.4) is 0 Å². The highest BCUT2D eigenvalue weighted by atomic mass is 35.5. The molecule has 0 fully saturated rings.